The Morgan fingerprint density at radius 3 is 2.52 bits per heavy atom. The van der Waals surface area contributed by atoms with Gasteiger partial charge in [-0.2, -0.15) is 5.10 Å². The molecule has 0 amide bonds. The zero-order valence-electron chi connectivity index (χ0n) is 13.6. The van der Waals surface area contributed by atoms with Crippen molar-refractivity contribution >= 4 is 5.97 Å². The Morgan fingerprint density at radius 2 is 2.00 bits per heavy atom. The summed E-state index contributed by atoms with van der Waals surface area (Å²) in [5.41, 5.74) is 0.932. The van der Waals surface area contributed by atoms with E-state index < -0.39 is 5.97 Å². The van der Waals surface area contributed by atoms with Crippen LogP contribution in [-0.2, 0) is 11.3 Å². The molecular formula is C15H28N4O2. The molecule has 120 valence electrons. The van der Waals surface area contributed by atoms with E-state index in [2.05, 4.69) is 23.8 Å². The monoisotopic (exact) mass is 296 g/mol. The van der Waals surface area contributed by atoms with Crippen LogP contribution in [0.4, 0.5) is 0 Å². The lowest BCUT2D eigenvalue weighted by atomic mass is 10.2. The van der Waals surface area contributed by atoms with Gasteiger partial charge in [-0.25, -0.2) is 0 Å². The van der Waals surface area contributed by atoms with Gasteiger partial charge in [-0.3, -0.25) is 14.4 Å². The fourth-order valence-electron chi connectivity index (χ4n) is 2.30. The summed E-state index contributed by atoms with van der Waals surface area (Å²) in [6.07, 6.45) is 4.10. The van der Waals surface area contributed by atoms with Gasteiger partial charge in [0.1, 0.15) is 0 Å². The number of nitrogens with zero attached hydrogens (tertiary/aromatic N) is 4. The number of rotatable bonds is 10. The highest BCUT2D eigenvalue weighted by Gasteiger charge is 2.14. The largest absolute Gasteiger partial charge is 0.480 e. The van der Waals surface area contributed by atoms with Crippen molar-refractivity contribution in [3.63, 3.8) is 0 Å². The summed E-state index contributed by atoms with van der Waals surface area (Å²) in [4.78, 5) is 14.9. The van der Waals surface area contributed by atoms with Gasteiger partial charge in [0.15, 0.2) is 0 Å². The van der Waals surface area contributed by atoms with Gasteiger partial charge in [-0.05, 0) is 33.0 Å². The van der Waals surface area contributed by atoms with Gasteiger partial charge >= 0.3 is 5.97 Å². The molecule has 0 saturated heterocycles. The summed E-state index contributed by atoms with van der Waals surface area (Å²) in [7, 11) is 3.97. The Morgan fingerprint density at radius 1 is 1.33 bits per heavy atom. The summed E-state index contributed by atoms with van der Waals surface area (Å²) in [5, 5.41) is 13.6. The molecule has 0 aliphatic rings. The van der Waals surface area contributed by atoms with Crippen LogP contribution in [0, 0.1) is 0 Å². The molecule has 0 aliphatic heterocycles. The first kappa shape index (κ1) is 17.7. The quantitative estimate of drug-likeness (QED) is 0.712. The van der Waals surface area contributed by atoms with Crippen LogP contribution in [0.3, 0.4) is 0 Å². The van der Waals surface area contributed by atoms with Gasteiger partial charge in [0, 0.05) is 25.8 Å². The Labute approximate surface area is 127 Å². The van der Waals surface area contributed by atoms with Gasteiger partial charge < -0.3 is 10.0 Å². The molecule has 0 unspecified atom stereocenters. The number of carbonyl (C=O) groups is 1. The molecule has 0 saturated carbocycles. The Hall–Kier alpha value is -1.40. The molecule has 0 spiro atoms. The Balaban J connectivity index is 2.67. The second-order valence-electron chi connectivity index (χ2n) is 5.67. The molecule has 1 rings (SSSR count). The highest BCUT2D eigenvalue weighted by atomic mass is 16.4. The maximum absolute atomic E-state index is 11.0. The normalized spacial score (nSPS) is 11.8. The fraction of sp³-hybridized carbons (Fsp3) is 0.733. The van der Waals surface area contributed by atoms with Crippen LogP contribution in [0.2, 0.25) is 0 Å². The molecule has 0 fully saturated rings. The van der Waals surface area contributed by atoms with Crippen LogP contribution < -0.4 is 0 Å². The minimum absolute atomic E-state index is 0.0473. The molecule has 0 atom stereocenters. The van der Waals surface area contributed by atoms with E-state index in [1.54, 1.807) is 0 Å². The summed E-state index contributed by atoms with van der Waals surface area (Å²) in [6, 6.07) is 2.41. The topological polar surface area (TPSA) is 61.6 Å². The van der Waals surface area contributed by atoms with Crippen molar-refractivity contribution in [2.75, 3.05) is 33.7 Å². The van der Waals surface area contributed by atoms with E-state index in [0.29, 0.717) is 12.6 Å². The molecule has 1 heterocycles. The minimum atomic E-state index is -0.798. The predicted octanol–water partition coefficient (Wildman–Crippen LogP) is 1.69. The number of aromatic nitrogens is 2. The van der Waals surface area contributed by atoms with E-state index in [-0.39, 0.29) is 6.54 Å². The third-order valence-electron chi connectivity index (χ3n) is 3.59. The van der Waals surface area contributed by atoms with Gasteiger partial charge in [-0.1, -0.05) is 13.8 Å². The van der Waals surface area contributed by atoms with Crippen molar-refractivity contribution in [1.29, 1.82) is 0 Å². The van der Waals surface area contributed by atoms with E-state index in [9.17, 15) is 4.79 Å². The molecular weight excluding hydrogens is 268 g/mol. The average molecular weight is 296 g/mol. The van der Waals surface area contributed by atoms with Crippen molar-refractivity contribution in [1.82, 2.24) is 19.6 Å². The number of hydrogen-bond acceptors (Lipinski definition) is 4. The third-order valence-corrected chi connectivity index (χ3v) is 3.59. The molecule has 0 bridgehead atoms. The lowest BCUT2D eigenvalue weighted by Crippen LogP contribution is -2.35. The molecule has 1 aromatic rings. The minimum Gasteiger partial charge on any atom is -0.480 e. The second-order valence-corrected chi connectivity index (χ2v) is 5.67. The van der Waals surface area contributed by atoms with E-state index in [4.69, 9.17) is 5.11 Å². The van der Waals surface area contributed by atoms with Crippen molar-refractivity contribution < 1.29 is 9.90 Å². The highest BCUT2D eigenvalue weighted by Crippen LogP contribution is 2.15. The van der Waals surface area contributed by atoms with E-state index in [1.807, 2.05) is 35.9 Å². The number of carboxylic acid groups (broad SMARTS) is 1. The van der Waals surface area contributed by atoms with Crippen LogP contribution in [0.1, 0.15) is 38.4 Å². The molecule has 0 radical (unpaired) electrons. The van der Waals surface area contributed by atoms with Crippen molar-refractivity contribution in [2.45, 2.75) is 39.3 Å². The van der Waals surface area contributed by atoms with Gasteiger partial charge in [0.05, 0.1) is 18.3 Å². The number of hydrogen-bond donors (Lipinski definition) is 1. The zero-order chi connectivity index (χ0) is 15.8. The average Bonchev–Trinajstić information content (AvgIpc) is 2.85. The molecule has 21 heavy (non-hydrogen) atoms. The molecule has 6 heteroatoms. The van der Waals surface area contributed by atoms with Crippen molar-refractivity contribution in [3.8, 4) is 0 Å². The predicted molar refractivity (Wildman–Crippen MR) is 83.3 cm³/mol. The molecule has 6 nitrogen and oxygen atoms in total. The Kier molecular flexibility index (Phi) is 7.39. The molecule has 0 aliphatic carbocycles. The lowest BCUT2D eigenvalue weighted by molar-refractivity contribution is -0.138. The van der Waals surface area contributed by atoms with E-state index in [0.717, 1.165) is 31.6 Å². The maximum Gasteiger partial charge on any atom is 0.317 e. The first-order valence-corrected chi connectivity index (χ1v) is 7.59. The van der Waals surface area contributed by atoms with Crippen molar-refractivity contribution in [3.05, 3.63) is 18.0 Å². The number of likely N-dealkylation sites (N-methyl/N-ethyl adjacent to an activating group) is 1. The SMILES string of the molecule is CCC(CC)n1ccc(CN(CCN(C)C)CC(=O)O)n1. The van der Waals surface area contributed by atoms with Crippen LogP contribution in [-0.4, -0.2) is 64.4 Å². The van der Waals surface area contributed by atoms with Crippen LogP contribution >= 0.6 is 0 Å². The maximum atomic E-state index is 11.0. The summed E-state index contributed by atoms with van der Waals surface area (Å²) >= 11 is 0. The third kappa shape index (κ3) is 6.27. The summed E-state index contributed by atoms with van der Waals surface area (Å²) in [6.45, 7) is 6.49. The van der Waals surface area contributed by atoms with Crippen LogP contribution in [0.15, 0.2) is 12.3 Å². The van der Waals surface area contributed by atoms with E-state index >= 15 is 0 Å². The standard InChI is InChI=1S/C15H28N4O2/c1-5-14(6-2)19-8-7-13(16-19)11-18(12-15(20)21)10-9-17(3)4/h7-8,14H,5-6,9-12H2,1-4H3,(H,20,21). The number of carboxylic acids is 1. The van der Waals surface area contributed by atoms with Gasteiger partial charge in [0.2, 0.25) is 0 Å². The van der Waals surface area contributed by atoms with E-state index in [1.165, 1.54) is 0 Å². The Bertz CT molecular complexity index is 427. The summed E-state index contributed by atoms with van der Waals surface area (Å²) < 4.78 is 2.00. The fourth-order valence-corrected chi connectivity index (χ4v) is 2.30. The molecule has 1 aromatic heterocycles. The molecule has 1 N–H and O–H groups in total. The smallest absolute Gasteiger partial charge is 0.317 e. The van der Waals surface area contributed by atoms with Crippen LogP contribution in [0.5, 0.6) is 0 Å². The lowest BCUT2D eigenvalue weighted by Gasteiger charge is -2.21. The first-order valence-electron chi connectivity index (χ1n) is 7.59. The van der Waals surface area contributed by atoms with Crippen LogP contribution in [0.25, 0.3) is 0 Å². The molecule has 0 aromatic carbocycles. The second kappa shape index (κ2) is 8.79. The first-order chi connectivity index (χ1) is 9.96. The van der Waals surface area contributed by atoms with Crippen molar-refractivity contribution in [2.24, 2.45) is 0 Å². The summed E-state index contributed by atoms with van der Waals surface area (Å²) in [5.74, 6) is -0.798. The van der Waals surface area contributed by atoms with Gasteiger partial charge in [0.25, 0.3) is 0 Å². The highest BCUT2D eigenvalue weighted by molar-refractivity contribution is 5.69. The number of aliphatic carboxylic acids is 1. The van der Waals surface area contributed by atoms with Gasteiger partial charge in [-0.15, -0.1) is 0 Å². The zero-order valence-corrected chi connectivity index (χ0v) is 13.6.